The van der Waals surface area contributed by atoms with Gasteiger partial charge in [-0.1, -0.05) is 218 Å². The van der Waals surface area contributed by atoms with E-state index in [0.717, 1.165) is 94.0 Å². The summed E-state index contributed by atoms with van der Waals surface area (Å²) >= 11 is 0. The second-order valence-electron chi connectivity index (χ2n) is 15.7. The van der Waals surface area contributed by atoms with Gasteiger partial charge in [0.2, 0.25) is 0 Å². The molecule has 0 amide bonds. The van der Waals surface area contributed by atoms with Crippen LogP contribution in [0.4, 0.5) is 0 Å². The fraction of sp³-hybridized carbons (Fsp3) is 0. The molecule has 3 aromatic heterocycles. The average Bonchev–Trinajstić information content (AvgIpc) is 3.70. The van der Waals surface area contributed by atoms with E-state index in [1.807, 2.05) is 12.1 Å². The molecule has 0 saturated carbocycles. The number of nitrogens with zero attached hydrogens (tertiary/aromatic N) is 6. The Balaban J connectivity index is 0.934. The number of rotatable bonds is 7. The lowest BCUT2D eigenvalue weighted by Gasteiger charge is -2.13. The van der Waals surface area contributed by atoms with Crippen molar-refractivity contribution in [3.63, 3.8) is 0 Å². The minimum Gasteiger partial charge on any atom is -0.277 e. The molecule has 3 heterocycles. The van der Waals surface area contributed by atoms with Gasteiger partial charge in [-0.25, -0.2) is 24.9 Å². The zero-order valence-corrected chi connectivity index (χ0v) is 34.0. The summed E-state index contributed by atoms with van der Waals surface area (Å²) in [5.41, 5.74) is 10.0. The normalized spacial score (nSPS) is 11.5. The molecule has 294 valence electrons. The summed E-state index contributed by atoms with van der Waals surface area (Å²) in [5, 5.41) is 6.69. The monoisotopic (exact) mass is 804 g/mol. The van der Waals surface area contributed by atoms with E-state index in [2.05, 4.69) is 211 Å². The van der Waals surface area contributed by atoms with Crippen molar-refractivity contribution in [1.82, 2.24) is 29.3 Å². The van der Waals surface area contributed by atoms with Crippen molar-refractivity contribution in [1.29, 1.82) is 0 Å². The molecule has 0 radical (unpaired) electrons. The van der Waals surface area contributed by atoms with Crippen LogP contribution < -0.4 is 0 Å². The van der Waals surface area contributed by atoms with E-state index >= 15 is 0 Å². The van der Waals surface area contributed by atoms with E-state index in [1.165, 1.54) is 0 Å². The summed E-state index contributed by atoms with van der Waals surface area (Å²) in [6.45, 7) is 0. The average molecular weight is 805 g/mol. The van der Waals surface area contributed by atoms with Crippen molar-refractivity contribution in [3.8, 4) is 79.3 Å². The lowest BCUT2D eigenvalue weighted by atomic mass is 10.0. The highest BCUT2D eigenvalue weighted by Gasteiger charge is 2.21. The third kappa shape index (κ3) is 6.40. The second kappa shape index (κ2) is 15.1. The Labute approximate surface area is 363 Å². The van der Waals surface area contributed by atoms with Gasteiger partial charge < -0.3 is 0 Å². The molecule has 0 saturated heterocycles. The van der Waals surface area contributed by atoms with E-state index < -0.39 is 0 Å². The molecule has 0 spiro atoms. The predicted octanol–water partition coefficient (Wildman–Crippen LogP) is 14.0. The van der Waals surface area contributed by atoms with Crippen LogP contribution in [0.2, 0.25) is 0 Å². The minimum atomic E-state index is 0.618. The zero-order chi connectivity index (χ0) is 41.7. The molecule has 6 nitrogen and oxygen atoms in total. The van der Waals surface area contributed by atoms with Gasteiger partial charge in [0.25, 0.3) is 0 Å². The van der Waals surface area contributed by atoms with Gasteiger partial charge in [0, 0.05) is 38.6 Å². The Morgan fingerprint density at radius 3 is 1.22 bits per heavy atom. The van der Waals surface area contributed by atoms with Gasteiger partial charge in [0.05, 0.1) is 5.69 Å². The first kappa shape index (κ1) is 36.3. The summed E-state index contributed by atoms with van der Waals surface area (Å²) in [6, 6.07) is 75.7. The maximum Gasteiger partial charge on any atom is 0.164 e. The Morgan fingerprint density at radius 1 is 0.254 bits per heavy atom. The number of aromatic nitrogens is 6. The molecule has 9 aromatic carbocycles. The molecular weight excluding hydrogens is 769 g/mol. The first-order valence-electron chi connectivity index (χ1n) is 21.1. The Morgan fingerprint density at radius 2 is 0.667 bits per heavy atom. The van der Waals surface area contributed by atoms with Crippen LogP contribution in [0.3, 0.4) is 0 Å². The van der Waals surface area contributed by atoms with E-state index in [4.69, 9.17) is 24.9 Å². The summed E-state index contributed by atoms with van der Waals surface area (Å²) in [4.78, 5) is 26.0. The van der Waals surface area contributed by atoms with Crippen LogP contribution in [-0.2, 0) is 0 Å². The van der Waals surface area contributed by atoms with E-state index in [1.54, 1.807) is 0 Å². The number of hydrogen-bond donors (Lipinski definition) is 0. The maximum atomic E-state index is 5.29. The first-order valence-corrected chi connectivity index (χ1v) is 21.1. The molecule has 12 aromatic rings. The highest BCUT2D eigenvalue weighted by atomic mass is 15.1. The quantitative estimate of drug-likeness (QED) is 0.160. The van der Waals surface area contributed by atoms with E-state index in [9.17, 15) is 0 Å². The number of hydrogen-bond acceptors (Lipinski definition) is 5. The van der Waals surface area contributed by atoms with Crippen LogP contribution in [0.1, 0.15) is 0 Å². The summed E-state index contributed by atoms with van der Waals surface area (Å²) in [6.07, 6.45) is 0. The summed E-state index contributed by atoms with van der Waals surface area (Å²) in [5.74, 6) is 3.41. The topological polar surface area (TPSA) is 68.9 Å². The molecule has 0 aliphatic heterocycles. The highest BCUT2D eigenvalue weighted by molar-refractivity contribution is 6.06. The standard InChI is InChI=1S/C57H36N6/c1-3-17-41(18-4-1)51-47-25-11-12-26-50(47)57-62-53(61-56(63(51)57)44-19-5-2-6-20-44)43-35-31-38(32-36-43)37-29-33-42(34-30-37)52-58-54(48-27-13-21-39-15-7-9-23-45(39)48)60-55(59-52)49-28-14-22-40-16-8-10-24-46(40)49/h1-36H. The Kier molecular flexibility index (Phi) is 8.71. The van der Waals surface area contributed by atoms with Gasteiger partial charge in [0.1, 0.15) is 11.5 Å². The molecule has 0 bridgehead atoms. The highest BCUT2D eigenvalue weighted by Crippen LogP contribution is 2.38. The molecule has 12 rings (SSSR count). The van der Waals surface area contributed by atoms with Gasteiger partial charge >= 0.3 is 0 Å². The lowest BCUT2D eigenvalue weighted by Crippen LogP contribution is -2.03. The fourth-order valence-corrected chi connectivity index (χ4v) is 8.82. The molecule has 0 aliphatic rings. The van der Waals surface area contributed by atoms with Crippen molar-refractivity contribution in [3.05, 3.63) is 218 Å². The number of fused-ring (bicyclic) bond motifs is 5. The Hall–Kier alpha value is -8.61. The zero-order valence-electron chi connectivity index (χ0n) is 34.0. The van der Waals surface area contributed by atoms with Crippen molar-refractivity contribution in [2.75, 3.05) is 0 Å². The molecular formula is C57H36N6. The SMILES string of the molecule is c1ccc(-c2nc(-c3ccc(-c4ccc(-c5nc(-c6cccc7ccccc67)nc(-c6cccc7ccccc67)n5)cc4)cc3)nc3c4ccccc4c(-c4ccccc4)n23)cc1. The molecule has 0 atom stereocenters. The third-order valence-corrected chi connectivity index (χ3v) is 11.9. The van der Waals surface area contributed by atoms with Crippen molar-refractivity contribution >= 4 is 38.0 Å². The largest absolute Gasteiger partial charge is 0.277 e. The van der Waals surface area contributed by atoms with Crippen LogP contribution in [-0.4, -0.2) is 29.3 Å². The third-order valence-electron chi connectivity index (χ3n) is 11.9. The number of benzene rings is 9. The minimum absolute atomic E-state index is 0.618. The van der Waals surface area contributed by atoms with Gasteiger partial charge in [-0.2, -0.15) is 0 Å². The fourth-order valence-electron chi connectivity index (χ4n) is 8.82. The van der Waals surface area contributed by atoms with Crippen LogP contribution >= 0.6 is 0 Å². The van der Waals surface area contributed by atoms with Crippen molar-refractivity contribution in [2.45, 2.75) is 0 Å². The van der Waals surface area contributed by atoms with E-state index in [-0.39, 0.29) is 0 Å². The van der Waals surface area contributed by atoms with Crippen LogP contribution in [0.5, 0.6) is 0 Å². The molecule has 6 heteroatoms. The van der Waals surface area contributed by atoms with Gasteiger partial charge in [-0.3, -0.25) is 4.40 Å². The molecule has 0 aliphatic carbocycles. The van der Waals surface area contributed by atoms with Crippen LogP contribution in [0.15, 0.2) is 218 Å². The first-order chi connectivity index (χ1) is 31.2. The maximum absolute atomic E-state index is 5.29. The molecule has 0 fully saturated rings. The van der Waals surface area contributed by atoms with Crippen LogP contribution in [0, 0.1) is 0 Å². The van der Waals surface area contributed by atoms with E-state index in [0.29, 0.717) is 23.3 Å². The van der Waals surface area contributed by atoms with Gasteiger partial charge in [-0.15, -0.1) is 0 Å². The van der Waals surface area contributed by atoms with Gasteiger partial charge in [0.15, 0.2) is 23.3 Å². The lowest BCUT2D eigenvalue weighted by molar-refractivity contribution is 1.05. The van der Waals surface area contributed by atoms with Crippen LogP contribution in [0.25, 0.3) is 117 Å². The Bertz CT molecular complexity index is 3550. The summed E-state index contributed by atoms with van der Waals surface area (Å²) in [7, 11) is 0. The smallest absolute Gasteiger partial charge is 0.164 e. The predicted molar refractivity (Wildman–Crippen MR) is 257 cm³/mol. The molecule has 63 heavy (non-hydrogen) atoms. The summed E-state index contributed by atoms with van der Waals surface area (Å²) < 4.78 is 2.22. The van der Waals surface area contributed by atoms with Crippen molar-refractivity contribution < 1.29 is 0 Å². The second-order valence-corrected chi connectivity index (χ2v) is 15.7. The van der Waals surface area contributed by atoms with Gasteiger partial charge in [-0.05, 0) is 38.2 Å². The molecule has 0 unspecified atom stereocenters. The van der Waals surface area contributed by atoms with Crippen molar-refractivity contribution in [2.24, 2.45) is 0 Å². The molecule has 0 N–H and O–H groups in total.